The van der Waals surface area contributed by atoms with Gasteiger partial charge in [0.1, 0.15) is 6.20 Å². The Hall–Kier alpha value is -2.65. The van der Waals surface area contributed by atoms with E-state index in [1.807, 2.05) is 0 Å². The van der Waals surface area contributed by atoms with E-state index in [4.69, 9.17) is 4.74 Å². The van der Waals surface area contributed by atoms with Crippen molar-refractivity contribution in [2.24, 2.45) is 0 Å². The van der Waals surface area contributed by atoms with E-state index in [-0.39, 0.29) is 5.52 Å². The standard InChI is InChI=1S/C10H6F3N3O4/c1-20-8-5(9(17)10(11,12)13)2-3-15-7(8)6(4-14-15)16(18)19/h2-4H,1H3. The summed E-state index contributed by atoms with van der Waals surface area (Å²) < 4.78 is 43.1. The highest BCUT2D eigenvalue weighted by Gasteiger charge is 2.42. The molecule has 0 saturated carbocycles. The second kappa shape index (κ2) is 4.47. The van der Waals surface area contributed by atoms with Crippen molar-refractivity contribution in [3.63, 3.8) is 0 Å². The Morgan fingerprint density at radius 1 is 1.50 bits per heavy atom. The van der Waals surface area contributed by atoms with Crippen LogP contribution in [0, 0.1) is 10.1 Å². The van der Waals surface area contributed by atoms with Gasteiger partial charge >= 0.3 is 11.9 Å². The third-order valence-corrected chi connectivity index (χ3v) is 2.52. The number of ether oxygens (including phenoxy) is 1. The lowest BCUT2D eigenvalue weighted by Gasteiger charge is -2.10. The second-order valence-electron chi connectivity index (χ2n) is 3.67. The first kappa shape index (κ1) is 13.8. The molecule has 2 aromatic rings. The van der Waals surface area contributed by atoms with Crippen molar-refractivity contribution in [2.75, 3.05) is 7.11 Å². The zero-order chi connectivity index (χ0) is 15.1. The summed E-state index contributed by atoms with van der Waals surface area (Å²) in [6.07, 6.45) is -3.23. The Bertz CT molecular complexity index is 708. The minimum atomic E-state index is -5.11. The summed E-state index contributed by atoms with van der Waals surface area (Å²) in [5, 5.41) is 14.4. The van der Waals surface area contributed by atoms with E-state index < -0.39 is 33.9 Å². The summed E-state index contributed by atoms with van der Waals surface area (Å²) in [6.45, 7) is 0. The van der Waals surface area contributed by atoms with Gasteiger partial charge in [0, 0.05) is 6.20 Å². The quantitative estimate of drug-likeness (QED) is 0.490. The lowest BCUT2D eigenvalue weighted by molar-refractivity contribution is -0.383. The van der Waals surface area contributed by atoms with Crippen molar-refractivity contribution < 1.29 is 27.6 Å². The Morgan fingerprint density at radius 2 is 2.15 bits per heavy atom. The van der Waals surface area contributed by atoms with Gasteiger partial charge < -0.3 is 4.74 Å². The molecule has 0 fully saturated rings. The fraction of sp³-hybridized carbons (Fsp3) is 0.200. The van der Waals surface area contributed by atoms with Crippen LogP contribution >= 0.6 is 0 Å². The molecule has 0 bridgehead atoms. The number of Topliss-reactive ketones (excluding diaryl/α,β-unsaturated/α-hetero) is 1. The van der Waals surface area contributed by atoms with Crippen molar-refractivity contribution in [1.82, 2.24) is 9.61 Å². The van der Waals surface area contributed by atoms with Gasteiger partial charge in [0.05, 0.1) is 17.6 Å². The summed E-state index contributed by atoms with van der Waals surface area (Å²) >= 11 is 0. The van der Waals surface area contributed by atoms with Crippen molar-refractivity contribution in [3.8, 4) is 5.75 Å². The van der Waals surface area contributed by atoms with Crippen LogP contribution in [0.3, 0.4) is 0 Å². The van der Waals surface area contributed by atoms with Crippen molar-refractivity contribution in [1.29, 1.82) is 0 Å². The van der Waals surface area contributed by atoms with E-state index in [1.165, 1.54) is 0 Å². The number of rotatable bonds is 3. The van der Waals surface area contributed by atoms with E-state index in [9.17, 15) is 28.1 Å². The number of aromatic nitrogens is 2. The number of ketones is 1. The zero-order valence-corrected chi connectivity index (χ0v) is 9.84. The minimum absolute atomic E-state index is 0.312. The lowest BCUT2D eigenvalue weighted by atomic mass is 10.1. The summed E-state index contributed by atoms with van der Waals surface area (Å²) in [7, 11) is 1.01. The number of carbonyl (C=O) groups is 1. The van der Waals surface area contributed by atoms with Crippen LogP contribution < -0.4 is 4.74 Å². The van der Waals surface area contributed by atoms with Crippen molar-refractivity contribution in [3.05, 3.63) is 34.1 Å². The van der Waals surface area contributed by atoms with Gasteiger partial charge in [-0.3, -0.25) is 14.9 Å². The Kier molecular flexibility index (Phi) is 3.08. The van der Waals surface area contributed by atoms with Crippen LogP contribution in [0.15, 0.2) is 18.5 Å². The lowest BCUT2D eigenvalue weighted by Crippen LogP contribution is -2.23. The van der Waals surface area contributed by atoms with Gasteiger partial charge in [0.2, 0.25) is 0 Å². The molecule has 20 heavy (non-hydrogen) atoms. The number of nitro groups is 1. The molecule has 0 radical (unpaired) electrons. The van der Waals surface area contributed by atoms with Crippen LogP contribution in [-0.2, 0) is 0 Å². The van der Waals surface area contributed by atoms with Crippen molar-refractivity contribution >= 4 is 17.0 Å². The predicted octanol–water partition coefficient (Wildman–Crippen LogP) is 2.00. The van der Waals surface area contributed by atoms with Gasteiger partial charge in [0.15, 0.2) is 11.3 Å². The SMILES string of the molecule is COc1c(C(=O)C(F)(F)F)ccn2ncc([N+](=O)[O-])c12. The molecule has 0 unspecified atom stereocenters. The molecule has 0 aromatic carbocycles. The molecular weight excluding hydrogens is 283 g/mol. The average Bonchev–Trinajstić information content (AvgIpc) is 2.79. The van der Waals surface area contributed by atoms with Gasteiger partial charge in [-0.15, -0.1) is 0 Å². The zero-order valence-electron chi connectivity index (χ0n) is 9.84. The summed E-state index contributed by atoms with van der Waals surface area (Å²) in [5.74, 6) is -2.69. The Labute approximate surface area is 108 Å². The number of pyridine rings is 1. The number of carbonyl (C=O) groups excluding carboxylic acids is 1. The molecular formula is C10H6F3N3O4. The number of alkyl halides is 3. The highest BCUT2D eigenvalue weighted by Crippen LogP contribution is 2.34. The number of hydrogen-bond donors (Lipinski definition) is 0. The first-order chi connectivity index (χ1) is 9.27. The Balaban J connectivity index is 2.78. The third kappa shape index (κ3) is 2.04. The van der Waals surface area contributed by atoms with Crippen LogP contribution in [0.2, 0.25) is 0 Å². The fourth-order valence-corrected chi connectivity index (χ4v) is 1.71. The molecule has 0 spiro atoms. The summed E-state index contributed by atoms with van der Waals surface area (Å²) in [5.41, 5.74) is -1.68. The van der Waals surface area contributed by atoms with Crippen LogP contribution in [0.5, 0.6) is 5.75 Å². The normalized spacial score (nSPS) is 11.6. The molecule has 0 atom stereocenters. The van der Waals surface area contributed by atoms with Crippen LogP contribution in [0.1, 0.15) is 10.4 Å². The van der Waals surface area contributed by atoms with Crippen molar-refractivity contribution in [2.45, 2.75) is 6.18 Å². The van der Waals surface area contributed by atoms with E-state index in [2.05, 4.69) is 5.10 Å². The molecule has 7 nitrogen and oxygen atoms in total. The van der Waals surface area contributed by atoms with Crippen LogP contribution in [0.4, 0.5) is 18.9 Å². The molecule has 2 aromatic heterocycles. The number of fused-ring (bicyclic) bond motifs is 1. The number of nitrogens with zero attached hydrogens (tertiary/aromatic N) is 3. The van der Waals surface area contributed by atoms with E-state index >= 15 is 0 Å². The van der Waals surface area contributed by atoms with E-state index in [0.29, 0.717) is 0 Å². The van der Waals surface area contributed by atoms with E-state index in [1.54, 1.807) is 0 Å². The molecule has 2 heterocycles. The molecule has 0 aliphatic heterocycles. The Morgan fingerprint density at radius 3 is 2.65 bits per heavy atom. The smallest absolute Gasteiger partial charge is 0.455 e. The molecule has 0 aliphatic rings. The number of hydrogen-bond acceptors (Lipinski definition) is 5. The van der Waals surface area contributed by atoms with Gasteiger partial charge in [-0.25, -0.2) is 4.52 Å². The van der Waals surface area contributed by atoms with Crippen LogP contribution in [0.25, 0.3) is 5.52 Å². The fourth-order valence-electron chi connectivity index (χ4n) is 1.71. The van der Waals surface area contributed by atoms with Gasteiger partial charge in [-0.1, -0.05) is 0 Å². The highest BCUT2D eigenvalue weighted by atomic mass is 19.4. The second-order valence-corrected chi connectivity index (χ2v) is 3.67. The maximum absolute atomic E-state index is 12.5. The largest absolute Gasteiger partial charge is 0.493 e. The molecule has 0 N–H and O–H groups in total. The third-order valence-electron chi connectivity index (χ3n) is 2.52. The average molecular weight is 289 g/mol. The number of halogens is 3. The first-order valence-electron chi connectivity index (χ1n) is 5.07. The molecule has 2 rings (SSSR count). The minimum Gasteiger partial charge on any atom is -0.493 e. The van der Waals surface area contributed by atoms with Gasteiger partial charge in [-0.2, -0.15) is 18.3 Å². The maximum atomic E-state index is 12.5. The molecule has 0 amide bonds. The molecule has 10 heteroatoms. The van der Waals surface area contributed by atoms with Gasteiger partial charge in [-0.05, 0) is 6.07 Å². The number of methoxy groups -OCH3 is 1. The first-order valence-corrected chi connectivity index (χ1v) is 5.07. The van der Waals surface area contributed by atoms with Crippen LogP contribution in [-0.4, -0.2) is 33.6 Å². The maximum Gasteiger partial charge on any atom is 0.455 e. The summed E-state index contributed by atoms with van der Waals surface area (Å²) in [6, 6.07) is 0.846. The van der Waals surface area contributed by atoms with E-state index in [0.717, 1.165) is 30.1 Å². The predicted molar refractivity (Wildman–Crippen MR) is 58.8 cm³/mol. The molecule has 0 aliphatic carbocycles. The monoisotopic (exact) mass is 289 g/mol. The summed E-state index contributed by atoms with van der Waals surface area (Å²) in [4.78, 5) is 21.3. The molecule has 0 saturated heterocycles. The molecule has 106 valence electrons. The van der Waals surface area contributed by atoms with Gasteiger partial charge in [0.25, 0.3) is 5.78 Å². The topological polar surface area (TPSA) is 86.7 Å². The highest BCUT2D eigenvalue weighted by molar-refractivity contribution is 6.04.